The third-order valence-electron chi connectivity index (χ3n) is 4.37. The second-order valence-corrected chi connectivity index (χ2v) is 6.10. The Balaban J connectivity index is 2.20. The molecule has 2 aromatic carbocycles. The van der Waals surface area contributed by atoms with Crippen molar-refractivity contribution >= 4 is 5.97 Å². The molecule has 0 radical (unpaired) electrons. The van der Waals surface area contributed by atoms with Gasteiger partial charge in [-0.1, -0.05) is 18.6 Å². The topological polar surface area (TPSA) is 74.2 Å². The van der Waals surface area contributed by atoms with E-state index in [4.69, 9.17) is 18.9 Å². The van der Waals surface area contributed by atoms with E-state index in [2.05, 4.69) is 0 Å². The molecule has 0 bridgehead atoms. The lowest BCUT2D eigenvalue weighted by Crippen LogP contribution is -2.19. The maximum atomic E-state index is 12.8. The summed E-state index contributed by atoms with van der Waals surface area (Å²) in [5.41, 5.74) is 2.26. The average molecular weight is 358 g/mol. The van der Waals surface area contributed by atoms with Crippen LogP contribution in [0.1, 0.15) is 52.8 Å². The molecule has 0 fully saturated rings. The quantitative estimate of drug-likeness (QED) is 0.831. The van der Waals surface area contributed by atoms with Gasteiger partial charge in [-0.05, 0) is 37.6 Å². The largest absolute Gasteiger partial charge is 0.495 e. The number of aliphatic hydroxyl groups is 1. The van der Waals surface area contributed by atoms with Gasteiger partial charge in [-0.15, -0.1) is 0 Å². The van der Waals surface area contributed by atoms with Gasteiger partial charge in [0.15, 0.2) is 0 Å². The smallest absolute Gasteiger partial charge is 0.348 e. The number of fused-ring (bicyclic) bond motifs is 2. The summed E-state index contributed by atoms with van der Waals surface area (Å²) < 4.78 is 22.3. The van der Waals surface area contributed by atoms with Crippen LogP contribution in [0.5, 0.6) is 17.2 Å². The van der Waals surface area contributed by atoms with Crippen molar-refractivity contribution in [1.29, 1.82) is 0 Å². The molecule has 1 aliphatic rings. The molecular weight excluding hydrogens is 336 g/mol. The zero-order valence-electron chi connectivity index (χ0n) is 15.2. The van der Waals surface area contributed by atoms with Gasteiger partial charge < -0.3 is 24.1 Å². The van der Waals surface area contributed by atoms with Gasteiger partial charge in [-0.2, -0.15) is 0 Å². The molecule has 2 aromatic rings. The number of esters is 1. The molecule has 1 N–H and O–H groups in total. The summed E-state index contributed by atoms with van der Waals surface area (Å²) in [6.07, 6.45) is -1.19. The predicted octanol–water partition coefficient (Wildman–Crippen LogP) is 4.05. The summed E-state index contributed by atoms with van der Waals surface area (Å²) in [6, 6.07) is 8.91. The van der Waals surface area contributed by atoms with Crippen LogP contribution in [-0.2, 0) is 9.47 Å². The number of carbonyl (C=O) groups excluding carboxylic acids is 1. The van der Waals surface area contributed by atoms with E-state index in [0.29, 0.717) is 29.0 Å². The van der Waals surface area contributed by atoms with Crippen LogP contribution in [0.25, 0.3) is 0 Å². The van der Waals surface area contributed by atoms with Crippen molar-refractivity contribution in [3.8, 4) is 17.2 Å². The third-order valence-corrected chi connectivity index (χ3v) is 4.37. The van der Waals surface area contributed by atoms with Crippen molar-refractivity contribution in [1.82, 2.24) is 0 Å². The first kappa shape index (κ1) is 18.2. The summed E-state index contributed by atoms with van der Waals surface area (Å²) in [5.74, 6) is 0.439. The molecule has 0 amide bonds. The van der Waals surface area contributed by atoms with Gasteiger partial charge in [0.05, 0.1) is 18.8 Å². The van der Waals surface area contributed by atoms with Gasteiger partial charge >= 0.3 is 5.97 Å². The van der Waals surface area contributed by atoms with Crippen molar-refractivity contribution in [2.45, 2.75) is 32.7 Å². The number of aryl methyl sites for hydroxylation is 1. The summed E-state index contributed by atoms with van der Waals surface area (Å²) in [7, 11) is 2.90. The van der Waals surface area contributed by atoms with Crippen LogP contribution in [0, 0.1) is 6.92 Å². The van der Waals surface area contributed by atoms with Crippen LogP contribution in [0.4, 0.5) is 0 Å². The van der Waals surface area contributed by atoms with Crippen LogP contribution in [0.3, 0.4) is 0 Å². The van der Waals surface area contributed by atoms with Crippen molar-refractivity contribution in [3.05, 3.63) is 52.6 Å². The van der Waals surface area contributed by atoms with Crippen LogP contribution in [-0.4, -0.2) is 25.3 Å². The molecule has 1 aliphatic heterocycles. The van der Waals surface area contributed by atoms with E-state index >= 15 is 0 Å². The Morgan fingerprint density at radius 1 is 1.19 bits per heavy atom. The summed E-state index contributed by atoms with van der Waals surface area (Å²) in [6.45, 7) is 3.78. The normalized spacial score (nSPS) is 17.1. The molecule has 1 heterocycles. The summed E-state index contributed by atoms with van der Waals surface area (Å²) in [5, 5.41) is 10.2. The van der Waals surface area contributed by atoms with Gasteiger partial charge in [0.1, 0.15) is 22.8 Å². The molecule has 0 aliphatic carbocycles. The minimum absolute atomic E-state index is 0.130. The molecule has 3 rings (SSSR count). The number of aliphatic hydroxyl groups excluding tert-OH is 1. The molecule has 0 aromatic heterocycles. The average Bonchev–Trinajstić information content (AvgIpc) is 2.65. The number of ether oxygens (including phenoxy) is 4. The van der Waals surface area contributed by atoms with Crippen LogP contribution in [0.15, 0.2) is 30.3 Å². The minimum Gasteiger partial charge on any atom is -0.495 e. The third kappa shape index (κ3) is 3.13. The number of hydrogen-bond acceptors (Lipinski definition) is 6. The van der Waals surface area contributed by atoms with Crippen LogP contribution < -0.4 is 9.47 Å². The number of carbonyl (C=O) groups is 1. The highest BCUT2D eigenvalue weighted by atomic mass is 16.7. The number of methoxy groups -OCH3 is 2. The number of benzene rings is 2. The maximum Gasteiger partial charge on any atom is 0.348 e. The van der Waals surface area contributed by atoms with Gasteiger partial charge in [0, 0.05) is 12.7 Å². The molecule has 6 nitrogen and oxygen atoms in total. The zero-order chi connectivity index (χ0) is 18.8. The van der Waals surface area contributed by atoms with E-state index in [1.807, 2.05) is 26.0 Å². The maximum absolute atomic E-state index is 12.8. The number of rotatable bonds is 4. The second-order valence-electron chi connectivity index (χ2n) is 6.10. The molecule has 26 heavy (non-hydrogen) atoms. The lowest BCUT2D eigenvalue weighted by atomic mass is 10.0. The molecule has 0 saturated carbocycles. The Bertz CT molecular complexity index is 829. The summed E-state index contributed by atoms with van der Waals surface area (Å²) >= 11 is 0. The van der Waals surface area contributed by atoms with E-state index in [1.165, 1.54) is 14.2 Å². The lowest BCUT2D eigenvalue weighted by molar-refractivity contribution is -0.0946. The van der Waals surface area contributed by atoms with Crippen molar-refractivity contribution in [3.63, 3.8) is 0 Å². The lowest BCUT2D eigenvalue weighted by Gasteiger charge is -2.26. The van der Waals surface area contributed by atoms with Crippen molar-refractivity contribution in [2.75, 3.05) is 14.2 Å². The first-order valence-corrected chi connectivity index (χ1v) is 8.41. The molecule has 138 valence electrons. The van der Waals surface area contributed by atoms with E-state index in [1.54, 1.807) is 18.2 Å². The predicted molar refractivity (Wildman–Crippen MR) is 94.7 cm³/mol. The Morgan fingerprint density at radius 2 is 1.92 bits per heavy atom. The fourth-order valence-electron chi connectivity index (χ4n) is 3.02. The minimum atomic E-state index is -0.907. The monoisotopic (exact) mass is 358 g/mol. The van der Waals surface area contributed by atoms with Gasteiger partial charge in [-0.3, -0.25) is 0 Å². The highest BCUT2D eigenvalue weighted by Gasteiger charge is 2.32. The Hall–Kier alpha value is -2.57. The van der Waals surface area contributed by atoms with Gasteiger partial charge in [-0.25, -0.2) is 4.79 Å². The first-order valence-electron chi connectivity index (χ1n) is 8.41. The Labute approximate surface area is 152 Å². The molecule has 6 heteroatoms. The van der Waals surface area contributed by atoms with E-state index in [-0.39, 0.29) is 11.3 Å². The van der Waals surface area contributed by atoms with E-state index in [9.17, 15) is 9.90 Å². The van der Waals surface area contributed by atoms with Gasteiger partial charge in [0.25, 0.3) is 0 Å². The fraction of sp³-hybridized carbons (Fsp3) is 0.350. The number of cyclic esters (lactones) is 1. The zero-order valence-corrected chi connectivity index (χ0v) is 15.2. The second kappa shape index (κ2) is 7.35. The number of hydrogen-bond donors (Lipinski definition) is 1. The van der Waals surface area contributed by atoms with Crippen LogP contribution in [0.2, 0.25) is 0 Å². The van der Waals surface area contributed by atoms with Gasteiger partial charge in [0.2, 0.25) is 6.29 Å². The van der Waals surface area contributed by atoms with Crippen molar-refractivity contribution in [2.24, 2.45) is 0 Å². The van der Waals surface area contributed by atoms with E-state index < -0.39 is 18.4 Å². The Kier molecular flexibility index (Phi) is 5.15. The van der Waals surface area contributed by atoms with Crippen LogP contribution >= 0.6 is 0 Å². The SMILES string of the molecule is CCC(O)c1ccc2c(c1OC)C(=O)OC(OC)c1cc(C)ccc1O2. The molecule has 0 saturated heterocycles. The highest BCUT2D eigenvalue weighted by Crippen LogP contribution is 2.43. The standard InChI is InChI=1S/C20H22O6/c1-5-14(21)12-7-9-16-17(18(12)23-3)19(22)26-20(24-4)13-10-11(2)6-8-15(13)25-16/h6-10,14,20-21H,5H2,1-4H3. The van der Waals surface area contributed by atoms with Crippen molar-refractivity contribution < 1.29 is 28.8 Å². The fourth-order valence-corrected chi connectivity index (χ4v) is 3.02. The molecule has 0 spiro atoms. The Morgan fingerprint density at radius 3 is 2.58 bits per heavy atom. The highest BCUT2D eigenvalue weighted by molar-refractivity contribution is 5.96. The summed E-state index contributed by atoms with van der Waals surface area (Å²) in [4.78, 5) is 12.8. The molecular formula is C20H22O6. The van der Waals surface area contributed by atoms with E-state index in [0.717, 1.165) is 5.56 Å². The molecule has 2 unspecified atom stereocenters. The molecule has 2 atom stereocenters. The first-order chi connectivity index (χ1) is 12.5.